The summed E-state index contributed by atoms with van der Waals surface area (Å²) in [5, 5.41) is 0. The third-order valence-corrected chi connectivity index (χ3v) is 2.37. The zero-order valence-electron chi connectivity index (χ0n) is 8.22. The molecule has 0 saturated heterocycles. The molecule has 1 aromatic carbocycles. The van der Waals surface area contributed by atoms with Gasteiger partial charge in [0.25, 0.3) is 0 Å². The van der Waals surface area contributed by atoms with Gasteiger partial charge in [0, 0.05) is 25.0 Å². The van der Waals surface area contributed by atoms with Crippen LogP contribution in [0.1, 0.15) is 17.4 Å². The van der Waals surface area contributed by atoms with Crippen LogP contribution in [0.25, 0.3) is 0 Å². The van der Waals surface area contributed by atoms with Gasteiger partial charge in [0.1, 0.15) is 0 Å². The maximum Gasteiger partial charge on any atom is 0.172 e. The maximum absolute atomic E-state index is 4.29. The molecule has 1 atom stereocenters. The van der Waals surface area contributed by atoms with Crippen LogP contribution in [-0.2, 0) is 7.05 Å². The molecule has 3 N–H and O–H groups in total. The Hall–Kier alpha value is -1.61. The number of nitrogens with zero attached hydrogens (tertiary/aromatic N) is 2. The van der Waals surface area contributed by atoms with Crippen molar-refractivity contribution >= 4 is 0 Å². The maximum atomic E-state index is 4.29. The molecule has 0 spiro atoms. The van der Waals surface area contributed by atoms with Crippen LogP contribution in [0.4, 0.5) is 0 Å². The van der Waals surface area contributed by atoms with Gasteiger partial charge in [-0.1, -0.05) is 30.3 Å². The van der Waals surface area contributed by atoms with E-state index in [-0.39, 0.29) is 6.04 Å². The highest BCUT2D eigenvalue weighted by atomic mass is 15.1. The summed E-state index contributed by atoms with van der Waals surface area (Å²) in [6.45, 7) is 0. The lowest BCUT2D eigenvalue weighted by Crippen LogP contribution is -2.54. The second-order valence-corrected chi connectivity index (χ2v) is 3.36. The summed E-state index contributed by atoms with van der Waals surface area (Å²) in [6.07, 6.45) is 3.74. The number of aryl methyl sites for hydroxylation is 1. The SMILES string of the molecule is Cn1ccnc1[C@@H]([NH3+])c1ccccc1. The lowest BCUT2D eigenvalue weighted by molar-refractivity contribution is -0.414. The Bertz CT molecular complexity index is 405. The van der Waals surface area contributed by atoms with Crippen molar-refractivity contribution in [3.05, 3.63) is 54.1 Å². The molecule has 1 aromatic heterocycles. The van der Waals surface area contributed by atoms with E-state index in [0.717, 1.165) is 5.82 Å². The Morgan fingerprint density at radius 3 is 2.57 bits per heavy atom. The standard InChI is InChI=1S/C11H13N3/c1-14-8-7-13-11(14)10(12)9-5-3-2-4-6-9/h2-8,10H,12H2,1H3/p+1/t10-/m0/s1. The fraction of sp³-hybridized carbons (Fsp3) is 0.182. The number of aromatic nitrogens is 2. The van der Waals surface area contributed by atoms with Crippen LogP contribution in [0.5, 0.6) is 0 Å². The van der Waals surface area contributed by atoms with E-state index < -0.39 is 0 Å². The zero-order chi connectivity index (χ0) is 9.97. The molecule has 0 saturated carbocycles. The van der Waals surface area contributed by atoms with Gasteiger partial charge < -0.3 is 10.3 Å². The van der Waals surface area contributed by atoms with Gasteiger partial charge in [-0.25, -0.2) is 4.98 Å². The molecule has 0 unspecified atom stereocenters. The highest BCUT2D eigenvalue weighted by Gasteiger charge is 2.15. The second kappa shape index (κ2) is 3.64. The van der Waals surface area contributed by atoms with Gasteiger partial charge in [-0.15, -0.1) is 0 Å². The molecule has 0 radical (unpaired) electrons. The van der Waals surface area contributed by atoms with Crippen molar-refractivity contribution in [1.82, 2.24) is 9.55 Å². The van der Waals surface area contributed by atoms with E-state index in [0.29, 0.717) is 0 Å². The summed E-state index contributed by atoms with van der Waals surface area (Å²) in [5.41, 5.74) is 5.32. The lowest BCUT2D eigenvalue weighted by Gasteiger charge is -2.08. The van der Waals surface area contributed by atoms with Crippen molar-refractivity contribution in [3.63, 3.8) is 0 Å². The van der Waals surface area contributed by atoms with E-state index in [2.05, 4.69) is 22.9 Å². The Morgan fingerprint density at radius 1 is 1.29 bits per heavy atom. The minimum atomic E-state index is 0.108. The summed E-state index contributed by atoms with van der Waals surface area (Å²) in [5.74, 6) is 0.996. The van der Waals surface area contributed by atoms with Crippen LogP contribution in [-0.4, -0.2) is 9.55 Å². The van der Waals surface area contributed by atoms with Gasteiger partial charge in [0.2, 0.25) is 0 Å². The Kier molecular flexibility index (Phi) is 2.33. The number of benzene rings is 1. The van der Waals surface area contributed by atoms with Gasteiger partial charge in [0.05, 0.1) is 0 Å². The van der Waals surface area contributed by atoms with Crippen LogP contribution in [0.3, 0.4) is 0 Å². The van der Waals surface area contributed by atoms with Gasteiger partial charge in [-0.3, -0.25) is 0 Å². The Labute approximate surface area is 83.2 Å². The topological polar surface area (TPSA) is 45.5 Å². The van der Waals surface area contributed by atoms with Crippen molar-refractivity contribution in [2.24, 2.45) is 7.05 Å². The predicted molar refractivity (Wildman–Crippen MR) is 54.4 cm³/mol. The molecule has 0 bridgehead atoms. The highest BCUT2D eigenvalue weighted by Crippen LogP contribution is 2.14. The molecular weight excluding hydrogens is 174 g/mol. The lowest BCUT2D eigenvalue weighted by atomic mass is 10.1. The smallest absolute Gasteiger partial charge is 0.172 e. The minimum absolute atomic E-state index is 0.108. The van der Waals surface area contributed by atoms with E-state index in [9.17, 15) is 0 Å². The van der Waals surface area contributed by atoms with Crippen LogP contribution < -0.4 is 5.73 Å². The Morgan fingerprint density at radius 2 is 2.00 bits per heavy atom. The molecule has 3 nitrogen and oxygen atoms in total. The molecule has 0 amide bonds. The average molecular weight is 188 g/mol. The molecule has 2 rings (SSSR count). The van der Waals surface area contributed by atoms with E-state index in [4.69, 9.17) is 0 Å². The molecule has 2 aromatic rings. The van der Waals surface area contributed by atoms with Crippen molar-refractivity contribution in [2.75, 3.05) is 0 Å². The molecule has 1 heterocycles. The van der Waals surface area contributed by atoms with Gasteiger partial charge >= 0.3 is 0 Å². The third kappa shape index (κ3) is 1.54. The monoisotopic (exact) mass is 188 g/mol. The van der Waals surface area contributed by atoms with E-state index in [1.165, 1.54) is 5.56 Å². The van der Waals surface area contributed by atoms with Crippen LogP contribution in [0.15, 0.2) is 42.7 Å². The van der Waals surface area contributed by atoms with Gasteiger partial charge in [0.15, 0.2) is 11.9 Å². The normalized spacial score (nSPS) is 12.7. The molecule has 0 aliphatic heterocycles. The van der Waals surface area contributed by atoms with Crippen LogP contribution in [0, 0.1) is 0 Å². The fourth-order valence-corrected chi connectivity index (χ4v) is 1.55. The summed E-state index contributed by atoms with van der Waals surface area (Å²) in [7, 11) is 1.99. The quantitative estimate of drug-likeness (QED) is 0.742. The molecular formula is C11H14N3+. The third-order valence-electron chi connectivity index (χ3n) is 2.37. The number of imidazole rings is 1. The molecule has 14 heavy (non-hydrogen) atoms. The first-order chi connectivity index (χ1) is 6.79. The average Bonchev–Trinajstić information content (AvgIpc) is 2.65. The number of hydrogen-bond donors (Lipinski definition) is 1. The first-order valence-corrected chi connectivity index (χ1v) is 4.64. The number of rotatable bonds is 2. The van der Waals surface area contributed by atoms with Crippen LogP contribution >= 0.6 is 0 Å². The molecule has 72 valence electrons. The molecule has 3 heteroatoms. The first-order valence-electron chi connectivity index (χ1n) is 4.64. The summed E-state index contributed by atoms with van der Waals surface area (Å²) in [4.78, 5) is 4.29. The zero-order valence-corrected chi connectivity index (χ0v) is 8.22. The Balaban J connectivity index is 2.34. The fourth-order valence-electron chi connectivity index (χ4n) is 1.55. The molecule has 0 aliphatic carbocycles. The molecule has 0 aliphatic rings. The van der Waals surface area contributed by atoms with Crippen molar-refractivity contribution < 1.29 is 5.73 Å². The second-order valence-electron chi connectivity index (χ2n) is 3.36. The van der Waals surface area contributed by atoms with E-state index in [1.807, 2.05) is 36.0 Å². The highest BCUT2D eigenvalue weighted by molar-refractivity contribution is 5.22. The first kappa shape index (κ1) is 8.97. The summed E-state index contributed by atoms with van der Waals surface area (Å²) >= 11 is 0. The van der Waals surface area contributed by atoms with Crippen molar-refractivity contribution in [1.29, 1.82) is 0 Å². The summed E-state index contributed by atoms with van der Waals surface area (Å²) < 4.78 is 2.00. The largest absolute Gasteiger partial charge is 0.345 e. The van der Waals surface area contributed by atoms with Crippen molar-refractivity contribution in [3.8, 4) is 0 Å². The number of hydrogen-bond acceptors (Lipinski definition) is 1. The number of quaternary nitrogens is 1. The minimum Gasteiger partial charge on any atom is -0.345 e. The predicted octanol–water partition coefficient (Wildman–Crippen LogP) is 0.751. The van der Waals surface area contributed by atoms with Gasteiger partial charge in [-0.05, 0) is 0 Å². The van der Waals surface area contributed by atoms with Gasteiger partial charge in [-0.2, -0.15) is 0 Å². The van der Waals surface area contributed by atoms with E-state index in [1.54, 1.807) is 6.20 Å². The van der Waals surface area contributed by atoms with E-state index >= 15 is 0 Å². The summed E-state index contributed by atoms with van der Waals surface area (Å²) in [6, 6.07) is 10.3. The van der Waals surface area contributed by atoms with Crippen LogP contribution in [0.2, 0.25) is 0 Å². The molecule has 0 fully saturated rings. The van der Waals surface area contributed by atoms with Crippen molar-refractivity contribution in [2.45, 2.75) is 6.04 Å².